The molecule has 0 aliphatic carbocycles. The van der Waals surface area contributed by atoms with Crippen LogP contribution in [0.2, 0.25) is 0 Å². The lowest BCUT2D eigenvalue weighted by Gasteiger charge is -2.12. The van der Waals surface area contributed by atoms with Gasteiger partial charge in [-0.1, -0.05) is 0 Å². The van der Waals surface area contributed by atoms with Crippen LogP contribution < -0.4 is 10.6 Å². The van der Waals surface area contributed by atoms with Gasteiger partial charge >= 0.3 is 0 Å². The van der Waals surface area contributed by atoms with E-state index in [1.165, 1.54) is 0 Å². The highest BCUT2D eigenvalue weighted by molar-refractivity contribution is 5.81. The largest absolute Gasteiger partial charge is 0.355 e. The average Bonchev–Trinajstić information content (AvgIpc) is 2.64. The first-order chi connectivity index (χ1) is 7.63. The Morgan fingerprint density at radius 3 is 2.94 bits per heavy atom. The third-order valence-electron chi connectivity index (χ3n) is 2.34. The van der Waals surface area contributed by atoms with E-state index in [-0.39, 0.29) is 11.9 Å². The van der Waals surface area contributed by atoms with Gasteiger partial charge in [-0.25, -0.2) is 0 Å². The lowest BCUT2D eigenvalue weighted by atomic mass is 10.2. The molecule has 0 saturated carbocycles. The van der Waals surface area contributed by atoms with E-state index in [0.717, 1.165) is 18.7 Å². The number of aromatic nitrogens is 2. The number of carbonyl (C=O) groups excluding carboxylic acids is 1. The minimum absolute atomic E-state index is 0.0449. The highest BCUT2D eigenvalue weighted by Gasteiger charge is 2.10. The van der Waals surface area contributed by atoms with Gasteiger partial charge in [-0.3, -0.25) is 9.48 Å². The summed E-state index contributed by atoms with van der Waals surface area (Å²) in [5.41, 5.74) is 1.04. The second kappa shape index (κ2) is 6.27. The summed E-state index contributed by atoms with van der Waals surface area (Å²) in [5.74, 6) is 0.0449. The third-order valence-corrected chi connectivity index (χ3v) is 2.34. The molecule has 2 N–H and O–H groups in total. The van der Waals surface area contributed by atoms with Gasteiger partial charge in [-0.05, 0) is 19.9 Å². The monoisotopic (exact) mass is 224 g/mol. The molecule has 0 saturated heterocycles. The number of nitrogens with one attached hydrogen (secondary N) is 2. The Morgan fingerprint density at radius 2 is 2.38 bits per heavy atom. The van der Waals surface area contributed by atoms with Crippen molar-refractivity contribution in [2.45, 2.75) is 26.3 Å². The van der Waals surface area contributed by atoms with Crippen molar-refractivity contribution in [3.8, 4) is 0 Å². The van der Waals surface area contributed by atoms with Crippen molar-refractivity contribution in [2.24, 2.45) is 7.05 Å². The van der Waals surface area contributed by atoms with Gasteiger partial charge in [-0.2, -0.15) is 5.10 Å². The van der Waals surface area contributed by atoms with Crippen LogP contribution in [0.3, 0.4) is 0 Å². The first-order valence-electron chi connectivity index (χ1n) is 5.63. The van der Waals surface area contributed by atoms with Gasteiger partial charge < -0.3 is 10.6 Å². The Kier molecular flexibility index (Phi) is 4.98. The molecular formula is C11H20N4O. The number of hydrogen-bond donors (Lipinski definition) is 2. The maximum atomic E-state index is 11.4. The molecule has 90 valence electrons. The molecule has 1 amide bonds. The molecule has 1 aromatic heterocycles. The van der Waals surface area contributed by atoms with Crippen molar-refractivity contribution in [3.05, 3.63) is 18.0 Å². The Morgan fingerprint density at radius 1 is 1.62 bits per heavy atom. The van der Waals surface area contributed by atoms with Gasteiger partial charge in [0, 0.05) is 32.8 Å². The average molecular weight is 224 g/mol. The Bertz CT molecular complexity index is 334. The fourth-order valence-electron chi connectivity index (χ4n) is 1.43. The standard InChI is InChI=1S/C11H20N4O/c1-4-12-11(16)9(2)13-7-5-10-6-8-15(3)14-10/h6,8-9,13H,4-5,7H2,1-3H3,(H,12,16). The molecule has 1 unspecified atom stereocenters. The van der Waals surface area contributed by atoms with Crippen molar-refractivity contribution in [1.82, 2.24) is 20.4 Å². The summed E-state index contributed by atoms with van der Waals surface area (Å²) in [5, 5.41) is 10.2. The first kappa shape index (κ1) is 12.7. The Balaban J connectivity index is 2.22. The lowest BCUT2D eigenvalue weighted by molar-refractivity contribution is -0.122. The maximum absolute atomic E-state index is 11.4. The minimum atomic E-state index is -0.149. The molecule has 1 rings (SSSR count). The Hall–Kier alpha value is -1.36. The molecule has 0 bridgehead atoms. The van der Waals surface area contributed by atoms with Crippen molar-refractivity contribution >= 4 is 5.91 Å². The molecule has 0 aromatic carbocycles. The van der Waals surface area contributed by atoms with Crippen molar-refractivity contribution in [2.75, 3.05) is 13.1 Å². The quantitative estimate of drug-likeness (QED) is 0.719. The van der Waals surface area contributed by atoms with E-state index < -0.39 is 0 Å². The minimum Gasteiger partial charge on any atom is -0.355 e. The molecule has 5 nitrogen and oxygen atoms in total. The molecule has 0 spiro atoms. The van der Waals surface area contributed by atoms with Crippen LogP contribution in [-0.2, 0) is 18.3 Å². The number of carbonyl (C=O) groups is 1. The van der Waals surface area contributed by atoms with Crippen molar-refractivity contribution < 1.29 is 4.79 Å². The highest BCUT2D eigenvalue weighted by atomic mass is 16.2. The number of nitrogens with zero attached hydrogens (tertiary/aromatic N) is 2. The van der Waals surface area contributed by atoms with Crippen LogP contribution in [0.5, 0.6) is 0 Å². The van der Waals surface area contributed by atoms with Crippen LogP contribution in [0.15, 0.2) is 12.3 Å². The second-order valence-corrected chi connectivity index (χ2v) is 3.80. The van der Waals surface area contributed by atoms with E-state index in [1.807, 2.05) is 33.2 Å². The van der Waals surface area contributed by atoms with Gasteiger partial charge in [0.1, 0.15) is 0 Å². The predicted molar refractivity (Wildman–Crippen MR) is 63.1 cm³/mol. The van der Waals surface area contributed by atoms with Crippen molar-refractivity contribution in [3.63, 3.8) is 0 Å². The smallest absolute Gasteiger partial charge is 0.236 e. The van der Waals surface area contributed by atoms with Crippen LogP contribution in [0.1, 0.15) is 19.5 Å². The van der Waals surface area contributed by atoms with Gasteiger partial charge in [-0.15, -0.1) is 0 Å². The summed E-state index contributed by atoms with van der Waals surface area (Å²) in [4.78, 5) is 11.4. The normalized spacial score (nSPS) is 12.4. The van der Waals surface area contributed by atoms with Crippen LogP contribution in [0.25, 0.3) is 0 Å². The van der Waals surface area contributed by atoms with Crippen LogP contribution in [0, 0.1) is 0 Å². The molecule has 0 fully saturated rings. The molecular weight excluding hydrogens is 204 g/mol. The zero-order chi connectivity index (χ0) is 12.0. The first-order valence-corrected chi connectivity index (χ1v) is 5.63. The SMILES string of the molecule is CCNC(=O)C(C)NCCc1ccn(C)n1. The van der Waals surface area contributed by atoms with Crippen LogP contribution in [0.4, 0.5) is 0 Å². The number of hydrogen-bond acceptors (Lipinski definition) is 3. The Labute approximate surface area is 96.2 Å². The summed E-state index contributed by atoms with van der Waals surface area (Å²) in [6, 6.07) is 1.84. The summed E-state index contributed by atoms with van der Waals surface area (Å²) >= 11 is 0. The van der Waals surface area contributed by atoms with E-state index in [0.29, 0.717) is 6.54 Å². The fourth-order valence-corrected chi connectivity index (χ4v) is 1.43. The molecule has 0 aliphatic rings. The zero-order valence-electron chi connectivity index (χ0n) is 10.2. The van der Waals surface area contributed by atoms with Gasteiger partial charge in [0.05, 0.1) is 11.7 Å². The van der Waals surface area contributed by atoms with E-state index in [2.05, 4.69) is 15.7 Å². The zero-order valence-corrected chi connectivity index (χ0v) is 10.2. The molecule has 5 heteroatoms. The molecule has 1 aromatic rings. The summed E-state index contributed by atoms with van der Waals surface area (Å²) < 4.78 is 1.78. The molecule has 16 heavy (non-hydrogen) atoms. The van der Waals surface area contributed by atoms with E-state index >= 15 is 0 Å². The fraction of sp³-hybridized carbons (Fsp3) is 0.636. The van der Waals surface area contributed by atoms with Crippen LogP contribution in [-0.4, -0.2) is 34.8 Å². The summed E-state index contributed by atoms with van der Waals surface area (Å²) in [6.45, 7) is 5.21. The predicted octanol–water partition coefficient (Wildman–Crippen LogP) is 0.0768. The van der Waals surface area contributed by atoms with Crippen molar-refractivity contribution in [1.29, 1.82) is 0 Å². The van der Waals surface area contributed by atoms with Crippen LogP contribution >= 0.6 is 0 Å². The lowest BCUT2D eigenvalue weighted by Crippen LogP contribution is -2.42. The highest BCUT2D eigenvalue weighted by Crippen LogP contribution is 1.94. The van der Waals surface area contributed by atoms with Gasteiger partial charge in [0.15, 0.2) is 0 Å². The number of rotatable bonds is 6. The second-order valence-electron chi connectivity index (χ2n) is 3.80. The number of amides is 1. The molecule has 1 heterocycles. The molecule has 1 atom stereocenters. The topological polar surface area (TPSA) is 59.0 Å². The number of likely N-dealkylation sites (N-methyl/N-ethyl adjacent to an activating group) is 1. The third kappa shape index (κ3) is 4.02. The van der Waals surface area contributed by atoms with Gasteiger partial charge in [0.2, 0.25) is 5.91 Å². The molecule has 0 radical (unpaired) electrons. The maximum Gasteiger partial charge on any atom is 0.236 e. The number of aryl methyl sites for hydroxylation is 1. The molecule has 0 aliphatic heterocycles. The summed E-state index contributed by atoms with van der Waals surface area (Å²) in [7, 11) is 1.90. The summed E-state index contributed by atoms with van der Waals surface area (Å²) in [6.07, 6.45) is 2.76. The van der Waals surface area contributed by atoms with E-state index in [9.17, 15) is 4.79 Å². The van der Waals surface area contributed by atoms with Gasteiger partial charge in [0.25, 0.3) is 0 Å². The van der Waals surface area contributed by atoms with E-state index in [4.69, 9.17) is 0 Å². The van der Waals surface area contributed by atoms with E-state index in [1.54, 1.807) is 4.68 Å².